The van der Waals surface area contributed by atoms with E-state index in [1.807, 2.05) is 12.1 Å². The smallest absolute Gasteiger partial charge is 0.123 e. The standard InChI is InChI=1S/C18H15BrFN/c19-12-6-9-17-16(10-12)14-2-1-3-15(14)18(21-17)11-4-7-13(20)8-5-11/h1-2,4-10,14-15,18,21H,3H2. The highest BCUT2D eigenvalue weighted by Gasteiger charge is 2.37. The van der Waals surface area contributed by atoms with Crippen LogP contribution < -0.4 is 5.32 Å². The predicted octanol–water partition coefficient (Wildman–Crippen LogP) is 5.41. The summed E-state index contributed by atoms with van der Waals surface area (Å²) in [6.45, 7) is 0. The Labute approximate surface area is 132 Å². The number of hydrogen-bond acceptors (Lipinski definition) is 1. The van der Waals surface area contributed by atoms with Gasteiger partial charge in [0.1, 0.15) is 5.82 Å². The van der Waals surface area contributed by atoms with E-state index in [2.05, 4.69) is 51.6 Å². The van der Waals surface area contributed by atoms with Gasteiger partial charge in [0.15, 0.2) is 0 Å². The molecule has 4 rings (SSSR count). The third-order valence-electron chi connectivity index (χ3n) is 4.55. The summed E-state index contributed by atoms with van der Waals surface area (Å²) < 4.78 is 14.3. The van der Waals surface area contributed by atoms with E-state index in [4.69, 9.17) is 0 Å². The first-order valence-electron chi connectivity index (χ1n) is 7.20. The zero-order chi connectivity index (χ0) is 14.4. The van der Waals surface area contributed by atoms with Gasteiger partial charge in [-0.05, 0) is 53.8 Å². The average molecular weight is 344 g/mol. The molecular formula is C18H15BrFN. The molecule has 2 aliphatic rings. The molecule has 1 aliphatic carbocycles. The molecule has 1 nitrogen and oxygen atoms in total. The first-order valence-corrected chi connectivity index (χ1v) is 8.00. The lowest BCUT2D eigenvalue weighted by atomic mass is 9.77. The molecule has 0 bridgehead atoms. The molecule has 3 heteroatoms. The van der Waals surface area contributed by atoms with Gasteiger partial charge in [-0.2, -0.15) is 0 Å². The van der Waals surface area contributed by atoms with Gasteiger partial charge in [-0.15, -0.1) is 0 Å². The molecule has 3 atom stereocenters. The topological polar surface area (TPSA) is 12.0 Å². The average Bonchev–Trinajstić information content (AvgIpc) is 2.97. The number of fused-ring (bicyclic) bond motifs is 3. The minimum Gasteiger partial charge on any atom is -0.378 e. The highest BCUT2D eigenvalue weighted by atomic mass is 79.9. The number of nitrogens with one attached hydrogen (secondary N) is 1. The summed E-state index contributed by atoms with van der Waals surface area (Å²) in [6, 6.07) is 13.5. The molecule has 21 heavy (non-hydrogen) atoms. The fourth-order valence-electron chi connectivity index (χ4n) is 3.57. The monoisotopic (exact) mass is 343 g/mol. The molecule has 3 unspecified atom stereocenters. The molecule has 0 spiro atoms. The third kappa shape index (κ3) is 2.20. The van der Waals surface area contributed by atoms with Crippen LogP contribution in [0.2, 0.25) is 0 Å². The molecule has 0 saturated heterocycles. The van der Waals surface area contributed by atoms with Crippen molar-refractivity contribution in [2.75, 3.05) is 5.32 Å². The quantitative estimate of drug-likeness (QED) is 0.682. The van der Waals surface area contributed by atoms with Crippen LogP contribution in [0.1, 0.15) is 29.5 Å². The lowest BCUT2D eigenvalue weighted by Gasteiger charge is -2.37. The van der Waals surface area contributed by atoms with Crippen LogP contribution in [-0.4, -0.2) is 0 Å². The van der Waals surface area contributed by atoms with E-state index in [1.54, 1.807) is 12.1 Å². The molecular weight excluding hydrogens is 329 g/mol. The minimum absolute atomic E-state index is 0.181. The van der Waals surface area contributed by atoms with Crippen molar-refractivity contribution in [3.8, 4) is 0 Å². The van der Waals surface area contributed by atoms with E-state index >= 15 is 0 Å². The molecule has 0 radical (unpaired) electrons. The lowest BCUT2D eigenvalue weighted by Crippen LogP contribution is -2.29. The van der Waals surface area contributed by atoms with Gasteiger partial charge in [-0.1, -0.05) is 40.2 Å². The Bertz CT molecular complexity index is 708. The van der Waals surface area contributed by atoms with E-state index in [0.29, 0.717) is 11.8 Å². The fourth-order valence-corrected chi connectivity index (χ4v) is 3.94. The molecule has 0 aromatic heterocycles. The second kappa shape index (κ2) is 4.99. The van der Waals surface area contributed by atoms with Crippen LogP contribution in [0.4, 0.5) is 10.1 Å². The van der Waals surface area contributed by atoms with Gasteiger partial charge in [-0.25, -0.2) is 4.39 Å². The Morgan fingerprint density at radius 3 is 2.71 bits per heavy atom. The highest BCUT2D eigenvalue weighted by molar-refractivity contribution is 9.10. The molecule has 0 fully saturated rings. The Balaban J connectivity index is 1.78. The molecule has 2 aromatic rings. The van der Waals surface area contributed by atoms with Crippen molar-refractivity contribution in [2.24, 2.45) is 5.92 Å². The van der Waals surface area contributed by atoms with Crippen molar-refractivity contribution in [3.05, 3.63) is 76.0 Å². The van der Waals surface area contributed by atoms with Crippen molar-refractivity contribution in [1.82, 2.24) is 0 Å². The maximum absolute atomic E-state index is 13.2. The summed E-state index contributed by atoms with van der Waals surface area (Å²) in [4.78, 5) is 0. The van der Waals surface area contributed by atoms with Crippen LogP contribution in [-0.2, 0) is 0 Å². The van der Waals surface area contributed by atoms with Gasteiger partial charge >= 0.3 is 0 Å². The lowest BCUT2D eigenvalue weighted by molar-refractivity contribution is 0.425. The summed E-state index contributed by atoms with van der Waals surface area (Å²) >= 11 is 3.56. The SMILES string of the molecule is Fc1ccc(C2Nc3ccc(Br)cc3C3C=CCC32)cc1. The maximum Gasteiger partial charge on any atom is 0.123 e. The van der Waals surface area contributed by atoms with Crippen LogP contribution in [0.25, 0.3) is 0 Å². The molecule has 1 N–H and O–H groups in total. The van der Waals surface area contributed by atoms with Crippen molar-refractivity contribution in [2.45, 2.75) is 18.4 Å². The summed E-state index contributed by atoms with van der Waals surface area (Å²) in [6.07, 6.45) is 5.64. The molecule has 1 aliphatic heterocycles. The van der Waals surface area contributed by atoms with Crippen molar-refractivity contribution in [3.63, 3.8) is 0 Å². The van der Waals surface area contributed by atoms with Gasteiger partial charge in [0.05, 0.1) is 6.04 Å². The first-order chi connectivity index (χ1) is 10.2. The van der Waals surface area contributed by atoms with E-state index in [-0.39, 0.29) is 11.9 Å². The number of rotatable bonds is 1. The number of benzene rings is 2. The van der Waals surface area contributed by atoms with Crippen LogP contribution in [0.3, 0.4) is 0 Å². The fraction of sp³-hybridized carbons (Fsp3) is 0.222. The van der Waals surface area contributed by atoms with Gasteiger partial charge in [0, 0.05) is 16.1 Å². The van der Waals surface area contributed by atoms with E-state index < -0.39 is 0 Å². The Morgan fingerprint density at radius 2 is 1.90 bits per heavy atom. The molecule has 106 valence electrons. The normalized spacial score (nSPS) is 26.1. The summed E-state index contributed by atoms with van der Waals surface area (Å²) in [7, 11) is 0. The van der Waals surface area contributed by atoms with Gasteiger partial charge in [-0.3, -0.25) is 0 Å². The van der Waals surface area contributed by atoms with Crippen LogP contribution in [0.5, 0.6) is 0 Å². The van der Waals surface area contributed by atoms with E-state index in [1.165, 1.54) is 11.3 Å². The van der Waals surface area contributed by atoms with Crippen LogP contribution in [0.15, 0.2) is 59.1 Å². The summed E-state index contributed by atoms with van der Waals surface area (Å²) in [5, 5.41) is 3.65. The molecule has 0 amide bonds. The van der Waals surface area contributed by atoms with Crippen molar-refractivity contribution < 1.29 is 4.39 Å². The van der Waals surface area contributed by atoms with Gasteiger partial charge in [0.25, 0.3) is 0 Å². The summed E-state index contributed by atoms with van der Waals surface area (Å²) in [5.41, 5.74) is 3.69. The van der Waals surface area contributed by atoms with Crippen molar-refractivity contribution in [1.29, 1.82) is 0 Å². The zero-order valence-electron chi connectivity index (χ0n) is 11.4. The molecule has 0 saturated carbocycles. The Morgan fingerprint density at radius 1 is 1.10 bits per heavy atom. The first kappa shape index (κ1) is 13.1. The van der Waals surface area contributed by atoms with Crippen molar-refractivity contribution >= 4 is 21.6 Å². The Kier molecular flexibility index (Phi) is 3.11. The van der Waals surface area contributed by atoms with Gasteiger partial charge < -0.3 is 5.32 Å². The molecule has 1 heterocycles. The summed E-state index contributed by atoms with van der Waals surface area (Å²) in [5.74, 6) is 0.756. The number of allylic oxidation sites excluding steroid dienone is 2. The largest absolute Gasteiger partial charge is 0.378 e. The van der Waals surface area contributed by atoms with E-state index in [9.17, 15) is 4.39 Å². The zero-order valence-corrected chi connectivity index (χ0v) is 13.0. The second-order valence-corrected chi connectivity index (χ2v) is 6.67. The minimum atomic E-state index is -0.181. The second-order valence-electron chi connectivity index (χ2n) is 5.76. The Hall–Kier alpha value is -1.61. The number of hydrogen-bond donors (Lipinski definition) is 1. The predicted molar refractivity (Wildman–Crippen MR) is 86.9 cm³/mol. The van der Waals surface area contributed by atoms with Crippen LogP contribution in [0, 0.1) is 11.7 Å². The van der Waals surface area contributed by atoms with Gasteiger partial charge in [0.2, 0.25) is 0 Å². The maximum atomic E-state index is 13.2. The highest BCUT2D eigenvalue weighted by Crippen LogP contribution is 2.50. The number of halogens is 2. The number of anilines is 1. The third-order valence-corrected chi connectivity index (χ3v) is 5.05. The molecule has 2 aromatic carbocycles. The van der Waals surface area contributed by atoms with Crippen LogP contribution >= 0.6 is 15.9 Å². The van der Waals surface area contributed by atoms with E-state index in [0.717, 1.165) is 16.5 Å².